The molecule has 1 fully saturated rings. The van der Waals surface area contributed by atoms with Crippen LogP contribution in [-0.4, -0.2) is 60.0 Å². The van der Waals surface area contributed by atoms with Crippen molar-refractivity contribution in [3.8, 4) is 0 Å². The topological polar surface area (TPSA) is 73.7 Å². The van der Waals surface area contributed by atoms with E-state index in [1.165, 1.54) is 0 Å². The first-order valence-corrected chi connectivity index (χ1v) is 9.52. The van der Waals surface area contributed by atoms with E-state index in [1.54, 1.807) is 17.2 Å². The molecule has 1 unspecified atom stereocenters. The number of carbonyl (C=O) groups excluding carboxylic acids is 2. The summed E-state index contributed by atoms with van der Waals surface area (Å²) in [5.41, 5.74) is 0.557. The Balaban J connectivity index is 1.98. The highest BCUT2D eigenvalue weighted by molar-refractivity contribution is 5.94. The van der Waals surface area contributed by atoms with Gasteiger partial charge in [-0.05, 0) is 37.3 Å². The molecule has 0 aromatic carbocycles. The van der Waals surface area contributed by atoms with Gasteiger partial charge < -0.3 is 14.9 Å². The average Bonchev–Trinajstić information content (AvgIpc) is 2.65. The molecule has 1 atom stereocenters. The van der Waals surface area contributed by atoms with Crippen molar-refractivity contribution in [1.82, 2.24) is 9.88 Å². The summed E-state index contributed by atoms with van der Waals surface area (Å²) in [4.78, 5) is 33.2. The van der Waals surface area contributed by atoms with E-state index in [1.807, 2.05) is 18.0 Å². The first-order valence-electron chi connectivity index (χ1n) is 9.52. The fraction of sp³-hybridized carbons (Fsp3) is 0.650. The van der Waals surface area contributed by atoms with Gasteiger partial charge in [-0.25, -0.2) is 4.98 Å². The van der Waals surface area contributed by atoms with E-state index in [0.717, 1.165) is 18.7 Å². The van der Waals surface area contributed by atoms with Gasteiger partial charge in [-0.15, -0.1) is 0 Å². The van der Waals surface area contributed by atoms with Crippen molar-refractivity contribution in [2.24, 2.45) is 11.8 Å². The number of carbonyl (C=O) groups is 2. The van der Waals surface area contributed by atoms with Crippen LogP contribution in [0.1, 0.15) is 49.9 Å². The summed E-state index contributed by atoms with van der Waals surface area (Å²) in [6, 6.07) is 3.62. The summed E-state index contributed by atoms with van der Waals surface area (Å²) >= 11 is 0. The highest BCUT2D eigenvalue weighted by Gasteiger charge is 2.29. The number of pyridine rings is 1. The van der Waals surface area contributed by atoms with Crippen molar-refractivity contribution in [2.75, 3.05) is 38.2 Å². The molecular formula is C20H31N3O3. The van der Waals surface area contributed by atoms with Crippen molar-refractivity contribution in [1.29, 1.82) is 0 Å². The molecule has 0 radical (unpaired) electrons. The van der Waals surface area contributed by atoms with Crippen LogP contribution < -0.4 is 4.90 Å². The lowest BCUT2D eigenvalue weighted by Crippen LogP contribution is -2.42. The lowest BCUT2D eigenvalue weighted by Gasteiger charge is -2.32. The van der Waals surface area contributed by atoms with Gasteiger partial charge in [0.25, 0.3) is 5.91 Å². The van der Waals surface area contributed by atoms with E-state index in [9.17, 15) is 9.59 Å². The summed E-state index contributed by atoms with van der Waals surface area (Å²) in [5, 5.41) is 8.91. The van der Waals surface area contributed by atoms with Crippen molar-refractivity contribution in [3.63, 3.8) is 0 Å². The SMILES string of the molecule is CC(C)CC(=O)C1CCCN(C(=O)c2ccc(N(C)CCCO)nc2)C1. The Morgan fingerprint density at radius 3 is 2.77 bits per heavy atom. The third kappa shape index (κ3) is 5.53. The van der Waals surface area contributed by atoms with Crippen LogP contribution >= 0.6 is 0 Å². The van der Waals surface area contributed by atoms with Crippen LogP contribution in [0.25, 0.3) is 0 Å². The first-order chi connectivity index (χ1) is 12.4. The molecule has 0 bridgehead atoms. The fourth-order valence-electron chi connectivity index (χ4n) is 3.34. The summed E-state index contributed by atoms with van der Waals surface area (Å²) in [6.45, 7) is 6.17. The molecule has 1 saturated heterocycles. The number of hydrogen-bond acceptors (Lipinski definition) is 5. The standard InChI is InChI=1S/C20H31N3O3/c1-15(2)12-18(25)17-6-4-10-23(14-17)20(26)16-7-8-19(21-13-16)22(3)9-5-11-24/h7-8,13,15,17,24H,4-6,9-12,14H2,1-3H3. The van der Waals surface area contributed by atoms with Gasteiger partial charge in [-0.3, -0.25) is 9.59 Å². The van der Waals surface area contributed by atoms with E-state index >= 15 is 0 Å². The monoisotopic (exact) mass is 361 g/mol. The van der Waals surface area contributed by atoms with Gasteiger partial charge in [0.2, 0.25) is 0 Å². The van der Waals surface area contributed by atoms with Gasteiger partial charge in [-0.1, -0.05) is 13.8 Å². The first kappa shape index (κ1) is 20.4. The average molecular weight is 361 g/mol. The molecule has 1 aliphatic heterocycles. The second kappa shape index (κ2) is 9.67. The molecule has 1 aromatic heterocycles. The molecule has 1 aromatic rings. The van der Waals surface area contributed by atoms with Gasteiger partial charge in [0.1, 0.15) is 11.6 Å². The lowest BCUT2D eigenvalue weighted by molar-refractivity contribution is -0.124. The number of aliphatic hydroxyl groups is 1. The van der Waals surface area contributed by atoms with E-state index in [4.69, 9.17) is 5.11 Å². The Bertz CT molecular complexity index is 601. The number of ketones is 1. The van der Waals surface area contributed by atoms with Crippen molar-refractivity contribution >= 4 is 17.5 Å². The number of amides is 1. The Labute approximate surface area is 156 Å². The quantitative estimate of drug-likeness (QED) is 0.769. The van der Waals surface area contributed by atoms with Crippen LogP contribution in [0.4, 0.5) is 5.82 Å². The Morgan fingerprint density at radius 2 is 2.15 bits per heavy atom. The minimum atomic E-state index is -0.0518. The molecule has 6 heteroatoms. The molecule has 0 spiro atoms. The maximum absolute atomic E-state index is 12.8. The number of piperidine rings is 1. The van der Waals surface area contributed by atoms with Gasteiger partial charge in [-0.2, -0.15) is 0 Å². The Kier molecular flexibility index (Phi) is 7.57. The molecule has 144 valence electrons. The van der Waals surface area contributed by atoms with E-state index in [2.05, 4.69) is 18.8 Å². The molecule has 1 N–H and O–H groups in total. The molecule has 2 heterocycles. The van der Waals surface area contributed by atoms with E-state index in [0.29, 0.717) is 44.0 Å². The molecule has 1 amide bonds. The van der Waals surface area contributed by atoms with Gasteiger partial charge >= 0.3 is 0 Å². The van der Waals surface area contributed by atoms with Crippen molar-refractivity contribution < 1.29 is 14.7 Å². The summed E-state index contributed by atoms with van der Waals surface area (Å²) < 4.78 is 0. The molecule has 1 aliphatic rings. The Hall–Kier alpha value is -1.95. The van der Waals surface area contributed by atoms with Gasteiger partial charge in [0, 0.05) is 51.8 Å². The van der Waals surface area contributed by atoms with Crippen LogP contribution in [0.5, 0.6) is 0 Å². The lowest BCUT2D eigenvalue weighted by atomic mass is 9.89. The second-order valence-electron chi connectivity index (χ2n) is 7.56. The third-order valence-electron chi connectivity index (χ3n) is 4.81. The highest BCUT2D eigenvalue weighted by atomic mass is 16.3. The van der Waals surface area contributed by atoms with E-state index < -0.39 is 0 Å². The molecular weight excluding hydrogens is 330 g/mol. The molecule has 2 rings (SSSR count). The van der Waals surface area contributed by atoms with Crippen molar-refractivity contribution in [3.05, 3.63) is 23.9 Å². The zero-order valence-corrected chi connectivity index (χ0v) is 16.1. The normalized spacial score (nSPS) is 17.4. The second-order valence-corrected chi connectivity index (χ2v) is 7.56. The number of nitrogens with zero attached hydrogens (tertiary/aromatic N) is 3. The smallest absolute Gasteiger partial charge is 0.255 e. The number of aromatic nitrogens is 1. The van der Waals surface area contributed by atoms with Crippen LogP contribution in [0, 0.1) is 11.8 Å². The maximum Gasteiger partial charge on any atom is 0.255 e. The minimum Gasteiger partial charge on any atom is -0.396 e. The predicted octanol–water partition coefficient (Wildman–Crippen LogP) is 2.37. The summed E-state index contributed by atoms with van der Waals surface area (Å²) in [5.74, 6) is 1.32. The molecule has 6 nitrogen and oxygen atoms in total. The van der Waals surface area contributed by atoms with Crippen LogP contribution in [0.15, 0.2) is 18.3 Å². The molecule has 0 aliphatic carbocycles. The minimum absolute atomic E-state index is 0.0352. The highest BCUT2D eigenvalue weighted by Crippen LogP contribution is 2.22. The van der Waals surface area contributed by atoms with Crippen molar-refractivity contribution in [2.45, 2.75) is 39.5 Å². The summed E-state index contributed by atoms with van der Waals surface area (Å²) in [6.07, 6.45) is 4.62. The van der Waals surface area contributed by atoms with Gasteiger partial charge in [0.15, 0.2) is 0 Å². The van der Waals surface area contributed by atoms with Crippen LogP contribution in [0.2, 0.25) is 0 Å². The number of likely N-dealkylation sites (tertiary alicyclic amines) is 1. The number of Topliss-reactive ketones (excluding diaryl/α,β-unsaturated/α-hetero) is 1. The summed E-state index contributed by atoms with van der Waals surface area (Å²) in [7, 11) is 1.91. The zero-order chi connectivity index (χ0) is 19.1. The van der Waals surface area contributed by atoms with Crippen LogP contribution in [-0.2, 0) is 4.79 Å². The van der Waals surface area contributed by atoms with Crippen LogP contribution in [0.3, 0.4) is 0 Å². The number of rotatable bonds is 8. The fourth-order valence-corrected chi connectivity index (χ4v) is 3.34. The third-order valence-corrected chi connectivity index (χ3v) is 4.81. The molecule has 0 saturated carbocycles. The largest absolute Gasteiger partial charge is 0.396 e. The number of hydrogen-bond donors (Lipinski definition) is 1. The van der Waals surface area contributed by atoms with Gasteiger partial charge in [0.05, 0.1) is 5.56 Å². The molecule has 26 heavy (non-hydrogen) atoms. The number of aliphatic hydroxyl groups excluding tert-OH is 1. The maximum atomic E-state index is 12.8. The Morgan fingerprint density at radius 1 is 1.38 bits per heavy atom. The predicted molar refractivity (Wildman–Crippen MR) is 102 cm³/mol. The number of anilines is 1. The van der Waals surface area contributed by atoms with E-state index in [-0.39, 0.29) is 24.2 Å². The zero-order valence-electron chi connectivity index (χ0n) is 16.1.